The lowest BCUT2D eigenvalue weighted by Crippen LogP contribution is -2.41. The SMILES string of the molecule is O=C(c1c(/C=C/C(=O)N2C(=O)OCC2c2ccccc2)cccc1-c1ccccc1)N1CCOCC1. The maximum absolute atomic E-state index is 13.7. The quantitative estimate of drug-likeness (QED) is 0.499. The lowest BCUT2D eigenvalue weighted by atomic mass is 9.94. The third-order valence-corrected chi connectivity index (χ3v) is 6.39. The molecule has 3 aromatic carbocycles. The molecule has 182 valence electrons. The summed E-state index contributed by atoms with van der Waals surface area (Å²) >= 11 is 0. The van der Waals surface area contributed by atoms with E-state index < -0.39 is 18.0 Å². The number of cyclic esters (lactones) is 1. The lowest BCUT2D eigenvalue weighted by molar-refractivity contribution is -0.124. The molecule has 7 heteroatoms. The summed E-state index contributed by atoms with van der Waals surface area (Å²) in [5.74, 6) is -0.617. The average Bonchev–Trinajstić information content (AvgIpc) is 3.34. The Kier molecular flexibility index (Phi) is 6.91. The maximum Gasteiger partial charge on any atom is 0.417 e. The summed E-state index contributed by atoms with van der Waals surface area (Å²) in [5.41, 5.74) is 3.62. The van der Waals surface area contributed by atoms with Crippen molar-refractivity contribution >= 4 is 24.0 Å². The van der Waals surface area contributed by atoms with E-state index in [0.29, 0.717) is 37.4 Å². The van der Waals surface area contributed by atoms with Gasteiger partial charge in [0.05, 0.1) is 18.8 Å². The molecule has 2 aliphatic heterocycles. The number of ether oxygens (including phenoxy) is 2. The molecule has 2 saturated heterocycles. The van der Waals surface area contributed by atoms with Crippen LogP contribution in [0.1, 0.15) is 27.5 Å². The first kappa shape index (κ1) is 23.5. The van der Waals surface area contributed by atoms with Crippen molar-refractivity contribution in [1.29, 1.82) is 0 Å². The topological polar surface area (TPSA) is 76.2 Å². The van der Waals surface area contributed by atoms with Crippen LogP contribution in [0.25, 0.3) is 17.2 Å². The molecular formula is C29H26N2O5. The van der Waals surface area contributed by atoms with Crippen molar-refractivity contribution in [2.24, 2.45) is 0 Å². The van der Waals surface area contributed by atoms with Crippen LogP contribution in [0.2, 0.25) is 0 Å². The number of hydrogen-bond donors (Lipinski definition) is 0. The predicted molar refractivity (Wildman–Crippen MR) is 135 cm³/mol. The second kappa shape index (κ2) is 10.6. The molecule has 1 atom stereocenters. The number of hydrogen-bond acceptors (Lipinski definition) is 5. The van der Waals surface area contributed by atoms with Gasteiger partial charge in [0.2, 0.25) is 0 Å². The van der Waals surface area contributed by atoms with Crippen molar-refractivity contribution in [3.05, 3.63) is 102 Å². The molecule has 5 rings (SSSR count). The van der Waals surface area contributed by atoms with Crippen molar-refractivity contribution in [2.75, 3.05) is 32.9 Å². The van der Waals surface area contributed by atoms with E-state index in [1.807, 2.05) is 72.8 Å². The van der Waals surface area contributed by atoms with Crippen LogP contribution in [0.5, 0.6) is 0 Å². The Morgan fingerprint density at radius 1 is 0.861 bits per heavy atom. The van der Waals surface area contributed by atoms with Gasteiger partial charge in [0.15, 0.2) is 0 Å². The Balaban J connectivity index is 1.49. The van der Waals surface area contributed by atoms with E-state index in [9.17, 15) is 14.4 Å². The molecule has 3 aromatic rings. The number of rotatable bonds is 5. The third-order valence-electron chi connectivity index (χ3n) is 6.39. The molecule has 2 fully saturated rings. The summed E-state index contributed by atoms with van der Waals surface area (Å²) < 4.78 is 10.6. The first-order chi connectivity index (χ1) is 17.6. The number of morpholine rings is 1. The van der Waals surface area contributed by atoms with Crippen molar-refractivity contribution in [3.8, 4) is 11.1 Å². The van der Waals surface area contributed by atoms with Gasteiger partial charge in [-0.3, -0.25) is 9.59 Å². The van der Waals surface area contributed by atoms with E-state index >= 15 is 0 Å². The standard InChI is InChI=1S/C29H26N2O5/c32-26(31-25(20-36-29(31)34)22-10-5-2-6-11-22)15-14-23-12-7-13-24(21-8-3-1-4-9-21)27(23)28(33)30-16-18-35-19-17-30/h1-15,25H,16-20H2/b15-14+. The first-order valence-electron chi connectivity index (χ1n) is 11.9. The van der Waals surface area contributed by atoms with E-state index in [2.05, 4.69) is 0 Å². The van der Waals surface area contributed by atoms with Crippen LogP contribution in [0.3, 0.4) is 0 Å². The molecule has 1 unspecified atom stereocenters. The fourth-order valence-electron chi connectivity index (χ4n) is 4.56. The molecule has 2 aliphatic rings. The number of benzene rings is 3. The van der Waals surface area contributed by atoms with Gasteiger partial charge in [0.25, 0.3) is 11.8 Å². The molecule has 2 heterocycles. The molecule has 0 spiro atoms. The average molecular weight is 483 g/mol. The predicted octanol–water partition coefficient (Wildman–Crippen LogP) is 4.56. The van der Waals surface area contributed by atoms with Crippen LogP contribution in [0, 0.1) is 0 Å². The van der Waals surface area contributed by atoms with Crippen LogP contribution >= 0.6 is 0 Å². The number of nitrogens with zero attached hydrogens (tertiary/aromatic N) is 2. The van der Waals surface area contributed by atoms with E-state index in [4.69, 9.17) is 9.47 Å². The zero-order chi connectivity index (χ0) is 24.9. The second-order valence-electron chi connectivity index (χ2n) is 8.59. The Morgan fingerprint density at radius 3 is 2.28 bits per heavy atom. The first-order valence-corrected chi connectivity index (χ1v) is 11.9. The summed E-state index contributed by atoms with van der Waals surface area (Å²) in [6.45, 7) is 2.08. The molecule has 0 saturated carbocycles. The molecule has 7 nitrogen and oxygen atoms in total. The maximum atomic E-state index is 13.7. The van der Waals surface area contributed by atoms with Crippen molar-refractivity contribution < 1.29 is 23.9 Å². The van der Waals surface area contributed by atoms with Crippen molar-refractivity contribution in [3.63, 3.8) is 0 Å². The van der Waals surface area contributed by atoms with E-state index in [-0.39, 0.29) is 12.5 Å². The Hall–Kier alpha value is -4.23. The summed E-state index contributed by atoms with van der Waals surface area (Å²) in [4.78, 5) is 42.1. The number of amides is 3. The molecule has 3 amide bonds. The van der Waals surface area contributed by atoms with Gasteiger partial charge in [-0.25, -0.2) is 9.69 Å². The molecular weight excluding hydrogens is 456 g/mol. The Labute approximate surface area is 209 Å². The zero-order valence-electron chi connectivity index (χ0n) is 19.7. The number of imide groups is 1. The monoisotopic (exact) mass is 482 g/mol. The zero-order valence-corrected chi connectivity index (χ0v) is 19.7. The smallest absolute Gasteiger partial charge is 0.417 e. The molecule has 0 N–H and O–H groups in total. The third kappa shape index (κ3) is 4.78. The van der Waals surface area contributed by atoms with Gasteiger partial charge in [0, 0.05) is 19.2 Å². The van der Waals surface area contributed by atoms with Gasteiger partial charge in [-0.2, -0.15) is 0 Å². The number of carbonyl (C=O) groups is 3. The normalized spacial score (nSPS) is 17.9. The highest BCUT2D eigenvalue weighted by molar-refractivity contribution is 6.06. The molecule has 0 aromatic heterocycles. The number of carbonyl (C=O) groups excluding carboxylic acids is 3. The van der Waals surface area contributed by atoms with Gasteiger partial charge < -0.3 is 14.4 Å². The van der Waals surface area contributed by atoms with E-state index in [1.165, 1.54) is 6.08 Å². The van der Waals surface area contributed by atoms with Crippen LogP contribution in [0.4, 0.5) is 4.79 Å². The van der Waals surface area contributed by atoms with Crippen LogP contribution in [0.15, 0.2) is 84.9 Å². The lowest BCUT2D eigenvalue weighted by Gasteiger charge is -2.28. The van der Waals surface area contributed by atoms with E-state index in [0.717, 1.165) is 21.6 Å². The summed E-state index contributed by atoms with van der Waals surface area (Å²) in [6, 6.07) is 24.1. The highest BCUT2D eigenvalue weighted by Gasteiger charge is 2.37. The second-order valence-corrected chi connectivity index (χ2v) is 8.59. The molecule has 0 radical (unpaired) electrons. The Bertz CT molecular complexity index is 1280. The van der Waals surface area contributed by atoms with E-state index in [1.54, 1.807) is 17.0 Å². The van der Waals surface area contributed by atoms with Gasteiger partial charge in [-0.15, -0.1) is 0 Å². The minimum atomic E-state index is -0.679. The van der Waals surface area contributed by atoms with Gasteiger partial charge >= 0.3 is 6.09 Å². The summed E-state index contributed by atoms with van der Waals surface area (Å²) in [5, 5.41) is 0. The van der Waals surface area contributed by atoms with Gasteiger partial charge in [-0.05, 0) is 28.3 Å². The van der Waals surface area contributed by atoms with Crippen LogP contribution < -0.4 is 0 Å². The van der Waals surface area contributed by atoms with Gasteiger partial charge in [0.1, 0.15) is 12.6 Å². The largest absolute Gasteiger partial charge is 0.446 e. The van der Waals surface area contributed by atoms with Gasteiger partial charge in [-0.1, -0.05) is 78.9 Å². The Morgan fingerprint density at radius 2 is 1.56 bits per heavy atom. The van der Waals surface area contributed by atoms with Crippen molar-refractivity contribution in [2.45, 2.75) is 6.04 Å². The summed E-state index contributed by atoms with van der Waals surface area (Å²) in [6.07, 6.45) is 2.26. The van der Waals surface area contributed by atoms with Crippen LogP contribution in [-0.4, -0.2) is 60.6 Å². The fourth-order valence-corrected chi connectivity index (χ4v) is 4.56. The minimum Gasteiger partial charge on any atom is -0.446 e. The van der Waals surface area contributed by atoms with Crippen LogP contribution in [-0.2, 0) is 14.3 Å². The highest BCUT2D eigenvalue weighted by Crippen LogP contribution is 2.30. The summed E-state index contributed by atoms with van der Waals surface area (Å²) in [7, 11) is 0. The fraction of sp³-hybridized carbons (Fsp3) is 0.207. The molecule has 0 bridgehead atoms. The minimum absolute atomic E-state index is 0.104. The highest BCUT2D eigenvalue weighted by atomic mass is 16.6. The van der Waals surface area contributed by atoms with Crippen molar-refractivity contribution in [1.82, 2.24) is 9.80 Å². The molecule has 36 heavy (non-hydrogen) atoms. The molecule has 0 aliphatic carbocycles.